The summed E-state index contributed by atoms with van der Waals surface area (Å²) in [5.74, 6) is 0.825. The summed E-state index contributed by atoms with van der Waals surface area (Å²) in [6.45, 7) is 1.08. The quantitative estimate of drug-likeness (QED) is 0.847. The Kier molecular flexibility index (Phi) is 4.20. The standard InChI is InChI=1S/C13H16N2O3/c1-14-7-11-9-18-13(15-11)17-8-10-3-5-12(16-2)6-4-10/h3-6,9,14H,7-8H2,1-2H3. The van der Waals surface area contributed by atoms with Gasteiger partial charge >= 0.3 is 6.08 Å². The minimum atomic E-state index is 0.288. The molecule has 18 heavy (non-hydrogen) atoms. The van der Waals surface area contributed by atoms with Gasteiger partial charge in [-0.2, -0.15) is 4.98 Å². The van der Waals surface area contributed by atoms with Crippen molar-refractivity contribution in [2.75, 3.05) is 14.2 Å². The van der Waals surface area contributed by atoms with E-state index in [0.29, 0.717) is 13.2 Å². The molecule has 0 aliphatic carbocycles. The highest BCUT2D eigenvalue weighted by molar-refractivity contribution is 5.26. The average molecular weight is 248 g/mol. The fraction of sp³-hybridized carbons (Fsp3) is 0.308. The molecule has 0 bridgehead atoms. The van der Waals surface area contributed by atoms with Crippen LogP contribution in [0.3, 0.4) is 0 Å². The number of nitrogens with zero attached hydrogens (tertiary/aromatic N) is 1. The van der Waals surface area contributed by atoms with E-state index in [0.717, 1.165) is 17.0 Å². The number of hydrogen-bond donors (Lipinski definition) is 1. The van der Waals surface area contributed by atoms with Crippen LogP contribution in [0.2, 0.25) is 0 Å². The fourth-order valence-electron chi connectivity index (χ4n) is 1.48. The molecule has 0 spiro atoms. The average Bonchev–Trinajstić information content (AvgIpc) is 2.85. The maximum Gasteiger partial charge on any atom is 0.394 e. The maximum atomic E-state index is 5.45. The Balaban J connectivity index is 1.89. The molecule has 0 saturated heterocycles. The predicted octanol–water partition coefficient (Wildman–Crippen LogP) is 1.98. The number of rotatable bonds is 6. The largest absolute Gasteiger partial charge is 0.497 e. The Labute approximate surface area is 106 Å². The van der Waals surface area contributed by atoms with Crippen molar-refractivity contribution in [1.82, 2.24) is 10.3 Å². The number of methoxy groups -OCH3 is 1. The van der Waals surface area contributed by atoms with Crippen molar-refractivity contribution in [2.24, 2.45) is 0 Å². The third-order valence-electron chi connectivity index (χ3n) is 2.41. The van der Waals surface area contributed by atoms with Gasteiger partial charge in [0.1, 0.15) is 18.6 Å². The van der Waals surface area contributed by atoms with Gasteiger partial charge in [-0.25, -0.2) is 0 Å². The van der Waals surface area contributed by atoms with E-state index in [1.165, 1.54) is 0 Å². The van der Waals surface area contributed by atoms with Gasteiger partial charge in [0.25, 0.3) is 0 Å². The lowest BCUT2D eigenvalue weighted by atomic mass is 10.2. The lowest BCUT2D eigenvalue weighted by molar-refractivity contribution is 0.220. The summed E-state index contributed by atoms with van der Waals surface area (Å²) in [4.78, 5) is 4.17. The third kappa shape index (κ3) is 3.24. The molecule has 0 aliphatic heterocycles. The summed E-state index contributed by atoms with van der Waals surface area (Å²) in [5.41, 5.74) is 1.85. The van der Waals surface area contributed by atoms with E-state index in [9.17, 15) is 0 Å². The molecule has 2 aromatic rings. The predicted molar refractivity (Wildman–Crippen MR) is 66.6 cm³/mol. The molecular weight excluding hydrogens is 232 g/mol. The van der Waals surface area contributed by atoms with Gasteiger partial charge in [0, 0.05) is 6.54 Å². The molecule has 0 amide bonds. The molecule has 1 heterocycles. The van der Waals surface area contributed by atoms with Crippen molar-refractivity contribution in [3.05, 3.63) is 41.8 Å². The van der Waals surface area contributed by atoms with Crippen LogP contribution in [0.1, 0.15) is 11.3 Å². The second-order valence-corrected chi connectivity index (χ2v) is 3.77. The summed E-state index contributed by atoms with van der Waals surface area (Å²) in [5, 5.41) is 2.99. The fourth-order valence-corrected chi connectivity index (χ4v) is 1.48. The zero-order valence-electron chi connectivity index (χ0n) is 10.5. The first-order valence-electron chi connectivity index (χ1n) is 5.66. The smallest absolute Gasteiger partial charge is 0.394 e. The van der Waals surface area contributed by atoms with Crippen molar-refractivity contribution < 1.29 is 13.9 Å². The SMILES string of the molecule is CNCc1coc(OCc2ccc(OC)cc2)n1. The van der Waals surface area contributed by atoms with Gasteiger partial charge in [-0.05, 0) is 24.7 Å². The van der Waals surface area contributed by atoms with Crippen molar-refractivity contribution in [3.63, 3.8) is 0 Å². The van der Waals surface area contributed by atoms with Crippen molar-refractivity contribution in [1.29, 1.82) is 0 Å². The first kappa shape index (κ1) is 12.4. The van der Waals surface area contributed by atoms with E-state index in [4.69, 9.17) is 13.9 Å². The van der Waals surface area contributed by atoms with Crippen LogP contribution >= 0.6 is 0 Å². The Morgan fingerprint density at radius 1 is 1.28 bits per heavy atom. The number of nitrogens with one attached hydrogen (secondary N) is 1. The minimum Gasteiger partial charge on any atom is -0.497 e. The van der Waals surface area contributed by atoms with E-state index < -0.39 is 0 Å². The number of oxazole rings is 1. The Bertz CT molecular complexity index is 479. The summed E-state index contributed by atoms with van der Waals surface area (Å²) in [6, 6.07) is 7.66. The first-order chi connectivity index (χ1) is 8.81. The zero-order valence-corrected chi connectivity index (χ0v) is 10.5. The van der Waals surface area contributed by atoms with Gasteiger partial charge in [0.15, 0.2) is 0 Å². The van der Waals surface area contributed by atoms with Crippen molar-refractivity contribution in [2.45, 2.75) is 13.2 Å². The Morgan fingerprint density at radius 2 is 2.06 bits per heavy atom. The third-order valence-corrected chi connectivity index (χ3v) is 2.41. The lowest BCUT2D eigenvalue weighted by Gasteiger charge is -2.03. The zero-order chi connectivity index (χ0) is 12.8. The molecule has 5 heteroatoms. The number of aromatic nitrogens is 1. The van der Waals surface area contributed by atoms with Gasteiger partial charge in [-0.1, -0.05) is 12.1 Å². The first-order valence-corrected chi connectivity index (χ1v) is 5.66. The lowest BCUT2D eigenvalue weighted by Crippen LogP contribution is -2.05. The van der Waals surface area contributed by atoms with Gasteiger partial charge in [0.05, 0.1) is 12.8 Å². The van der Waals surface area contributed by atoms with Crippen LogP contribution in [-0.2, 0) is 13.2 Å². The van der Waals surface area contributed by atoms with E-state index in [1.807, 2.05) is 31.3 Å². The van der Waals surface area contributed by atoms with Crippen LogP contribution in [0.5, 0.6) is 11.8 Å². The Hall–Kier alpha value is -2.01. The highest BCUT2D eigenvalue weighted by atomic mass is 16.6. The molecule has 0 radical (unpaired) electrons. The van der Waals surface area contributed by atoms with Crippen molar-refractivity contribution in [3.8, 4) is 11.8 Å². The number of benzene rings is 1. The van der Waals surface area contributed by atoms with Crippen LogP contribution in [0.4, 0.5) is 0 Å². The highest BCUT2D eigenvalue weighted by Gasteiger charge is 2.04. The van der Waals surface area contributed by atoms with Gasteiger partial charge in [-0.15, -0.1) is 0 Å². The van der Waals surface area contributed by atoms with Gasteiger partial charge < -0.3 is 19.2 Å². The van der Waals surface area contributed by atoms with E-state index >= 15 is 0 Å². The topological polar surface area (TPSA) is 56.5 Å². The molecule has 0 fully saturated rings. The highest BCUT2D eigenvalue weighted by Crippen LogP contribution is 2.15. The number of ether oxygens (including phenoxy) is 2. The van der Waals surface area contributed by atoms with Crippen LogP contribution < -0.4 is 14.8 Å². The molecule has 0 saturated carbocycles. The molecule has 1 N–H and O–H groups in total. The van der Waals surface area contributed by atoms with Crippen molar-refractivity contribution >= 4 is 0 Å². The molecule has 1 aromatic heterocycles. The van der Waals surface area contributed by atoms with Gasteiger partial charge in [-0.3, -0.25) is 0 Å². The van der Waals surface area contributed by atoms with E-state index in [1.54, 1.807) is 13.4 Å². The van der Waals surface area contributed by atoms with Gasteiger partial charge in [0.2, 0.25) is 0 Å². The second kappa shape index (κ2) is 6.07. The Morgan fingerprint density at radius 3 is 2.72 bits per heavy atom. The van der Waals surface area contributed by atoms with Crippen LogP contribution in [0.15, 0.2) is 34.9 Å². The molecule has 2 rings (SSSR count). The monoisotopic (exact) mass is 248 g/mol. The summed E-state index contributed by atoms with van der Waals surface area (Å²) < 4.78 is 15.7. The molecule has 0 atom stereocenters. The second-order valence-electron chi connectivity index (χ2n) is 3.77. The van der Waals surface area contributed by atoms with E-state index in [2.05, 4.69) is 10.3 Å². The molecule has 1 aromatic carbocycles. The number of hydrogen-bond acceptors (Lipinski definition) is 5. The molecule has 5 nitrogen and oxygen atoms in total. The molecule has 0 unspecified atom stereocenters. The van der Waals surface area contributed by atoms with Crippen LogP contribution in [-0.4, -0.2) is 19.1 Å². The molecular formula is C13H16N2O3. The van der Waals surface area contributed by atoms with Crippen LogP contribution in [0, 0.1) is 0 Å². The maximum absolute atomic E-state index is 5.45. The van der Waals surface area contributed by atoms with E-state index in [-0.39, 0.29) is 6.08 Å². The molecule has 0 aliphatic rings. The molecule has 96 valence electrons. The summed E-state index contributed by atoms with van der Waals surface area (Å²) in [7, 11) is 3.49. The summed E-state index contributed by atoms with van der Waals surface area (Å²) >= 11 is 0. The van der Waals surface area contributed by atoms with Crippen LogP contribution in [0.25, 0.3) is 0 Å². The normalized spacial score (nSPS) is 10.3. The summed E-state index contributed by atoms with van der Waals surface area (Å²) in [6.07, 6.45) is 1.87. The minimum absolute atomic E-state index is 0.288.